The van der Waals surface area contributed by atoms with E-state index in [-0.39, 0.29) is 18.0 Å². The summed E-state index contributed by atoms with van der Waals surface area (Å²) in [6.07, 6.45) is 2.71. The molecule has 1 fully saturated rings. The molecule has 126 valence electrons. The van der Waals surface area contributed by atoms with E-state index in [1.54, 1.807) is 11.0 Å². The molecule has 7 heteroatoms. The Balaban J connectivity index is 1.83. The Hall–Kier alpha value is -2.57. The molecule has 0 unspecified atom stereocenters. The SMILES string of the molecule is CCc1nn(CC(=O)N2CCCC2)c(=O)c2cc3oc(C)cc3n12. The molecular weight excluding hydrogens is 308 g/mol. The molecule has 1 saturated heterocycles. The van der Waals surface area contributed by atoms with Crippen LogP contribution in [-0.4, -0.2) is 38.1 Å². The standard InChI is InChI=1S/C17H20N4O3/c1-3-15-18-20(10-16(22)19-6-4-5-7-19)17(23)13-9-14-12(21(13)15)8-11(2)24-14/h8-9H,3-7,10H2,1-2H3. The summed E-state index contributed by atoms with van der Waals surface area (Å²) in [6, 6.07) is 3.64. The Labute approximate surface area is 138 Å². The molecule has 0 N–H and O–H groups in total. The highest BCUT2D eigenvalue weighted by atomic mass is 16.3. The largest absolute Gasteiger partial charge is 0.460 e. The molecule has 3 aromatic heterocycles. The molecule has 1 aliphatic rings. The van der Waals surface area contributed by atoms with Crippen LogP contribution < -0.4 is 5.56 Å². The lowest BCUT2D eigenvalue weighted by Gasteiger charge is -2.16. The van der Waals surface area contributed by atoms with Crippen LogP contribution in [0, 0.1) is 6.92 Å². The fraction of sp³-hybridized carbons (Fsp3) is 0.471. The van der Waals surface area contributed by atoms with Crippen molar-refractivity contribution in [3.05, 3.63) is 34.1 Å². The summed E-state index contributed by atoms with van der Waals surface area (Å²) < 4.78 is 8.77. The molecule has 0 spiro atoms. The molecule has 3 aromatic rings. The quantitative estimate of drug-likeness (QED) is 0.734. The predicted molar refractivity (Wildman–Crippen MR) is 89.2 cm³/mol. The summed E-state index contributed by atoms with van der Waals surface area (Å²) in [4.78, 5) is 26.9. The van der Waals surface area contributed by atoms with Crippen molar-refractivity contribution >= 4 is 22.5 Å². The lowest BCUT2D eigenvalue weighted by atomic mass is 10.4. The third kappa shape index (κ3) is 2.23. The van der Waals surface area contributed by atoms with Crippen LogP contribution in [0.3, 0.4) is 0 Å². The zero-order chi connectivity index (χ0) is 16.8. The number of fused-ring (bicyclic) bond motifs is 3. The smallest absolute Gasteiger partial charge is 0.291 e. The van der Waals surface area contributed by atoms with Crippen LogP contribution in [0.15, 0.2) is 21.3 Å². The van der Waals surface area contributed by atoms with E-state index in [1.807, 2.05) is 24.3 Å². The van der Waals surface area contributed by atoms with Crippen molar-refractivity contribution in [3.8, 4) is 0 Å². The molecule has 24 heavy (non-hydrogen) atoms. The second kappa shape index (κ2) is 5.51. The molecule has 4 heterocycles. The van der Waals surface area contributed by atoms with E-state index in [9.17, 15) is 9.59 Å². The molecule has 0 bridgehead atoms. The van der Waals surface area contributed by atoms with Crippen molar-refractivity contribution < 1.29 is 9.21 Å². The zero-order valence-electron chi connectivity index (χ0n) is 13.9. The van der Waals surface area contributed by atoms with Gasteiger partial charge in [-0.25, -0.2) is 4.68 Å². The van der Waals surface area contributed by atoms with Crippen LogP contribution in [0.25, 0.3) is 16.6 Å². The highest BCUT2D eigenvalue weighted by molar-refractivity contribution is 5.83. The zero-order valence-corrected chi connectivity index (χ0v) is 13.9. The lowest BCUT2D eigenvalue weighted by Crippen LogP contribution is -2.36. The van der Waals surface area contributed by atoms with Crippen molar-refractivity contribution in [1.29, 1.82) is 0 Å². The van der Waals surface area contributed by atoms with E-state index in [4.69, 9.17) is 4.42 Å². The van der Waals surface area contributed by atoms with E-state index >= 15 is 0 Å². The van der Waals surface area contributed by atoms with Crippen LogP contribution in [-0.2, 0) is 17.8 Å². The van der Waals surface area contributed by atoms with Gasteiger partial charge in [-0.15, -0.1) is 0 Å². The predicted octanol–water partition coefficient (Wildman–Crippen LogP) is 1.74. The number of amides is 1. The summed E-state index contributed by atoms with van der Waals surface area (Å²) in [7, 11) is 0. The average Bonchev–Trinajstić information content (AvgIpc) is 3.25. The van der Waals surface area contributed by atoms with Gasteiger partial charge >= 0.3 is 0 Å². The van der Waals surface area contributed by atoms with Gasteiger partial charge in [-0.1, -0.05) is 6.92 Å². The average molecular weight is 328 g/mol. The Kier molecular flexibility index (Phi) is 3.44. The van der Waals surface area contributed by atoms with Gasteiger partial charge in [0.1, 0.15) is 23.6 Å². The first kappa shape index (κ1) is 15.0. The van der Waals surface area contributed by atoms with E-state index in [1.165, 1.54) is 4.68 Å². The normalized spacial score (nSPS) is 15.0. The van der Waals surface area contributed by atoms with Crippen molar-refractivity contribution in [1.82, 2.24) is 19.1 Å². The number of furan rings is 1. The minimum absolute atomic E-state index is 0.00605. The minimum Gasteiger partial charge on any atom is -0.460 e. The van der Waals surface area contributed by atoms with Gasteiger partial charge in [0.2, 0.25) is 5.91 Å². The monoisotopic (exact) mass is 328 g/mol. The van der Waals surface area contributed by atoms with Gasteiger partial charge in [-0.05, 0) is 19.8 Å². The third-order valence-electron chi connectivity index (χ3n) is 4.62. The summed E-state index contributed by atoms with van der Waals surface area (Å²) >= 11 is 0. The van der Waals surface area contributed by atoms with E-state index < -0.39 is 0 Å². The minimum atomic E-state index is -0.260. The molecular formula is C17H20N4O3. The lowest BCUT2D eigenvalue weighted by molar-refractivity contribution is -0.131. The number of nitrogens with zero attached hydrogens (tertiary/aromatic N) is 4. The fourth-order valence-corrected chi connectivity index (χ4v) is 3.44. The molecule has 1 amide bonds. The van der Waals surface area contributed by atoms with Gasteiger partial charge in [0, 0.05) is 31.6 Å². The number of carbonyl (C=O) groups excluding carboxylic acids is 1. The summed E-state index contributed by atoms with van der Waals surface area (Å²) in [5, 5.41) is 4.44. The van der Waals surface area contributed by atoms with Crippen LogP contribution in [0.4, 0.5) is 0 Å². The van der Waals surface area contributed by atoms with Crippen molar-refractivity contribution in [2.45, 2.75) is 39.7 Å². The number of carbonyl (C=O) groups is 1. The number of hydrogen-bond acceptors (Lipinski definition) is 4. The summed E-state index contributed by atoms with van der Waals surface area (Å²) in [5.41, 5.74) is 1.76. The molecule has 4 rings (SSSR count). The van der Waals surface area contributed by atoms with Gasteiger partial charge in [0.15, 0.2) is 5.58 Å². The summed E-state index contributed by atoms with van der Waals surface area (Å²) in [6.45, 7) is 5.40. The first-order valence-corrected chi connectivity index (χ1v) is 8.38. The second-order valence-electron chi connectivity index (χ2n) is 6.29. The number of hydrogen-bond donors (Lipinski definition) is 0. The molecule has 0 saturated carbocycles. The number of aryl methyl sites for hydroxylation is 2. The van der Waals surface area contributed by atoms with Gasteiger partial charge < -0.3 is 9.32 Å². The van der Waals surface area contributed by atoms with Crippen LogP contribution in [0.2, 0.25) is 0 Å². The van der Waals surface area contributed by atoms with Crippen molar-refractivity contribution in [3.63, 3.8) is 0 Å². The number of aromatic nitrogens is 3. The van der Waals surface area contributed by atoms with Gasteiger partial charge in [-0.2, -0.15) is 5.10 Å². The van der Waals surface area contributed by atoms with Crippen LogP contribution in [0.1, 0.15) is 31.4 Å². The summed E-state index contributed by atoms with van der Waals surface area (Å²) in [5.74, 6) is 1.50. The third-order valence-corrected chi connectivity index (χ3v) is 4.62. The van der Waals surface area contributed by atoms with Crippen LogP contribution >= 0.6 is 0 Å². The highest BCUT2D eigenvalue weighted by Crippen LogP contribution is 2.23. The Morgan fingerprint density at radius 3 is 2.71 bits per heavy atom. The number of likely N-dealkylation sites (tertiary alicyclic amines) is 1. The van der Waals surface area contributed by atoms with Gasteiger partial charge in [0.05, 0.1) is 5.52 Å². The highest BCUT2D eigenvalue weighted by Gasteiger charge is 2.21. The van der Waals surface area contributed by atoms with Gasteiger partial charge in [0.25, 0.3) is 5.56 Å². The molecule has 1 aliphatic heterocycles. The van der Waals surface area contributed by atoms with Crippen molar-refractivity contribution in [2.75, 3.05) is 13.1 Å². The first-order valence-electron chi connectivity index (χ1n) is 8.38. The second-order valence-corrected chi connectivity index (χ2v) is 6.29. The molecule has 0 aromatic carbocycles. The van der Waals surface area contributed by atoms with E-state index in [0.717, 1.165) is 43.0 Å². The first-order chi connectivity index (χ1) is 11.6. The van der Waals surface area contributed by atoms with E-state index in [2.05, 4.69) is 5.10 Å². The maximum Gasteiger partial charge on any atom is 0.291 e. The Morgan fingerprint density at radius 1 is 1.25 bits per heavy atom. The van der Waals surface area contributed by atoms with Gasteiger partial charge in [-0.3, -0.25) is 14.0 Å². The molecule has 7 nitrogen and oxygen atoms in total. The van der Waals surface area contributed by atoms with Crippen molar-refractivity contribution in [2.24, 2.45) is 0 Å². The topological polar surface area (TPSA) is 72.8 Å². The number of rotatable bonds is 3. The molecule has 0 radical (unpaired) electrons. The molecule has 0 atom stereocenters. The van der Waals surface area contributed by atoms with E-state index in [0.29, 0.717) is 17.5 Å². The fourth-order valence-electron chi connectivity index (χ4n) is 3.44. The Bertz CT molecular complexity index is 989. The maximum atomic E-state index is 12.8. The maximum absolute atomic E-state index is 12.8. The Morgan fingerprint density at radius 2 is 2.00 bits per heavy atom. The molecule has 0 aliphatic carbocycles. The van der Waals surface area contributed by atoms with Crippen LogP contribution in [0.5, 0.6) is 0 Å².